The zero-order chi connectivity index (χ0) is 16.0. The van der Waals surface area contributed by atoms with Crippen LogP contribution in [0.25, 0.3) is 20.4 Å². The van der Waals surface area contributed by atoms with Crippen LogP contribution in [0.2, 0.25) is 0 Å². The van der Waals surface area contributed by atoms with Crippen LogP contribution in [0.1, 0.15) is 17.0 Å². The van der Waals surface area contributed by atoms with Crippen LogP contribution in [0, 0.1) is 13.8 Å². The minimum atomic E-state index is 0.694. The fourth-order valence-electron chi connectivity index (χ4n) is 2.78. The Balaban J connectivity index is 1.74. The molecule has 1 N–H and O–H groups in total. The van der Waals surface area contributed by atoms with E-state index in [0.717, 1.165) is 31.9 Å². The fraction of sp³-hybridized carbons (Fsp3) is 0.250. The molecule has 7 heteroatoms. The lowest BCUT2D eigenvalue weighted by Crippen LogP contribution is -2.04. The standard InChI is InChI=1S/C16H16N6S/c1-9-12(10(2)22(3)21-9)7-18-15-14-13(19-8-20-15)11-5-4-6-17-16(11)23-14/h4-6,8H,7H2,1-3H3,(H,18,19,20). The number of nitrogens with zero attached hydrogens (tertiary/aromatic N) is 5. The maximum atomic E-state index is 4.46. The van der Waals surface area contributed by atoms with E-state index in [0.29, 0.717) is 6.54 Å². The van der Waals surface area contributed by atoms with Crippen LogP contribution in [-0.2, 0) is 13.6 Å². The van der Waals surface area contributed by atoms with E-state index in [-0.39, 0.29) is 0 Å². The summed E-state index contributed by atoms with van der Waals surface area (Å²) in [6.45, 7) is 4.80. The highest BCUT2D eigenvalue weighted by Crippen LogP contribution is 2.34. The molecule has 0 fully saturated rings. The van der Waals surface area contributed by atoms with Gasteiger partial charge in [-0.05, 0) is 26.0 Å². The van der Waals surface area contributed by atoms with Crippen molar-refractivity contribution in [2.75, 3.05) is 5.32 Å². The number of rotatable bonds is 3. The van der Waals surface area contributed by atoms with Crippen LogP contribution in [0.3, 0.4) is 0 Å². The lowest BCUT2D eigenvalue weighted by atomic mass is 10.2. The summed E-state index contributed by atoms with van der Waals surface area (Å²) in [6.07, 6.45) is 3.41. The lowest BCUT2D eigenvalue weighted by Gasteiger charge is -2.06. The van der Waals surface area contributed by atoms with Crippen molar-refractivity contribution in [3.05, 3.63) is 41.6 Å². The topological polar surface area (TPSA) is 68.5 Å². The van der Waals surface area contributed by atoms with Gasteiger partial charge in [0, 0.05) is 36.4 Å². The van der Waals surface area contributed by atoms with Gasteiger partial charge in [0.1, 0.15) is 17.0 Å². The summed E-state index contributed by atoms with van der Waals surface area (Å²) in [4.78, 5) is 14.2. The maximum Gasteiger partial charge on any atom is 0.147 e. The molecule has 0 saturated heterocycles. The van der Waals surface area contributed by atoms with Gasteiger partial charge in [-0.1, -0.05) is 0 Å². The zero-order valence-electron chi connectivity index (χ0n) is 13.2. The molecule has 0 radical (unpaired) electrons. The lowest BCUT2D eigenvalue weighted by molar-refractivity contribution is 0.730. The number of fused-ring (bicyclic) bond motifs is 3. The first-order valence-electron chi connectivity index (χ1n) is 7.36. The van der Waals surface area contributed by atoms with Gasteiger partial charge in [-0.25, -0.2) is 15.0 Å². The van der Waals surface area contributed by atoms with Gasteiger partial charge in [0.15, 0.2) is 0 Å². The molecule has 0 spiro atoms. The Hall–Kier alpha value is -2.54. The molecule has 0 aliphatic carbocycles. The molecule has 23 heavy (non-hydrogen) atoms. The van der Waals surface area contributed by atoms with Crippen molar-refractivity contribution in [3.8, 4) is 0 Å². The van der Waals surface area contributed by atoms with E-state index in [9.17, 15) is 0 Å². The molecule has 0 amide bonds. The van der Waals surface area contributed by atoms with Crippen LogP contribution in [0.15, 0.2) is 24.7 Å². The maximum absolute atomic E-state index is 4.46. The van der Waals surface area contributed by atoms with Crippen LogP contribution in [0.4, 0.5) is 5.82 Å². The molecule has 4 aromatic rings. The minimum absolute atomic E-state index is 0.694. The first kappa shape index (κ1) is 14.1. The van der Waals surface area contributed by atoms with Crippen molar-refractivity contribution in [2.24, 2.45) is 7.05 Å². The van der Waals surface area contributed by atoms with E-state index >= 15 is 0 Å². The molecule has 4 aromatic heterocycles. The molecular formula is C16H16N6S. The number of aryl methyl sites for hydroxylation is 2. The predicted molar refractivity (Wildman–Crippen MR) is 92.7 cm³/mol. The average molecular weight is 324 g/mol. The quantitative estimate of drug-likeness (QED) is 0.627. The molecular weight excluding hydrogens is 308 g/mol. The number of nitrogens with one attached hydrogen (secondary N) is 1. The van der Waals surface area contributed by atoms with Crippen molar-refractivity contribution < 1.29 is 0 Å². The van der Waals surface area contributed by atoms with Gasteiger partial charge in [0.2, 0.25) is 0 Å². The Kier molecular flexibility index (Phi) is 3.23. The van der Waals surface area contributed by atoms with E-state index < -0.39 is 0 Å². The van der Waals surface area contributed by atoms with Crippen molar-refractivity contribution in [1.82, 2.24) is 24.7 Å². The van der Waals surface area contributed by atoms with E-state index in [1.165, 1.54) is 11.3 Å². The molecule has 0 saturated carbocycles. The first-order chi connectivity index (χ1) is 11.1. The molecule has 0 atom stereocenters. The number of hydrogen-bond acceptors (Lipinski definition) is 6. The Morgan fingerprint density at radius 2 is 2.09 bits per heavy atom. The fourth-order valence-corrected chi connectivity index (χ4v) is 3.85. The number of hydrogen-bond donors (Lipinski definition) is 1. The van der Waals surface area contributed by atoms with Crippen LogP contribution < -0.4 is 5.32 Å². The summed E-state index contributed by atoms with van der Waals surface area (Å²) in [5.74, 6) is 0.848. The number of anilines is 1. The van der Waals surface area contributed by atoms with E-state index in [1.54, 1.807) is 23.9 Å². The van der Waals surface area contributed by atoms with Gasteiger partial charge >= 0.3 is 0 Å². The monoisotopic (exact) mass is 324 g/mol. The van der Waals surface area contributed by atoms with Crippen LogP contribution >= 0.6 is 11.3 Å². The third kappa shape index (κ3) is 2.24. The Labute approximate surface area is 137 Å². The third-order valence-electron chi connectivity index (χ3n) is 4.12. The molecule has 4 heterocycles. The van der Waals surface area contributed by atoms with Gasteiger partial charge in [-0.3, -0.25) is 4.68 Å². The van der Waals surface area contributed by atoms with E-state index in [1.807, 2.05) is 30.8 Å². The number of thiophene rings is 1. The molecule has 6 nitrogen and oxygen atoms in total. The molecule has 0 aromatic carbocycles. The summed E-state index contributed by atoms with van der Waals surface area (Å²) in [7, 11) is 1.96. The highest BCUT2D eigenvalue weighted by Gasteiger charge is 2.13. The van der Waals surface area contributed by atoms with Gasteiger partial charge in [-0.15, -0.1) is 11.3 Å². The summed E-state index contributed by atoms with van der Waals surface area (Å²) in [5.41, 5.74) is 4.37. The van der Waals surface area contributed by atoms with Crippen LogP contribution in [-0.4, -0.2) is 24.7 Å². The summed E-state index contributed by atoms with van der Waals surface area (Å²) >= 11 is 1.62. The summed E-state index contributed by atoms with van der Waals surface area (Å²) in [5, 5.41) is 8.97. The first-order valence-corrected chi connectivity index (χ1v) is 8.18. The number of pyridine rings is 1. The molecule has 116 valence electrons. The minimum Gasteiger partial charge on any atom is -0.365 e. The smallest absolute Gasteiger partial charge is 0.147 e. The third-order valence-corrected chi connectivity index (χ3v) is 5.23. The van der Waals surface area contributed by atoms with Crippen molar-refractivity contribution in [2.45, 2.75) is 20.4 Å². The molecule has 0 unspecified atom stereocenters. The Morgan fingerprint density at radius 1 is 1.22 bits per heavy atom. The summed E-state index contributed by atoms with van der Waals surface area (Å²) in [6, 6.07) is 3.99. The highest BCUT2D eigenvalue weighted by atomic mass is 32.1. The second kappa shape index (κ2) is 5.27. The van der Waals surface area contributed by atoms with Gasteiger partial charge < -0.3 is 5.32 Å². The zero-order valence-corrected chi connectivity index (χ0v) is 14.0. The SMILES string of the molecule is Cc1nn(C)c(C)c1CNc1ncnc2c1sc1ncccc12. The molecule has 4 rings (SSSR count). The van der Waals surface area contributed by atoms with Gasteiger partial charge in [0.25, 0.3) is 0 Å². The number of aromatic nitrogens is 5. The molecule has 0 bridgehead atoms. The summed E-state index contributed by atoms with van der Waals surface area (Å²) < 4.78 is 2.95. The Bertz CT molecular complexity index is 1020. The van der Waals surface area contributed by atoms with E-state index in [2.05, 4.69) is 32.3 Å². The van der Waals surface area contributed by atoms with Crippen molar-refractivity contribution in [1.29, 1.82) is 0 Å². The Morgan fingerprint density at radius 3 is 2.87 bits per heavy atom. The average Bonchev–Trinajstić information content (AvgIpc) is 3.04. The normalized spacial score (nSPS) is 11.4. The van der Waals surface area contributed by atoms with Crippen molar-refractivity contribution in [3.63, 3.8) is 0 Å². The molecule has 0 aliphatic heterocycles. The van der Waals surface area contributed by atoms with Gasteiger partial charge in [0.05, 0.1) is 15.9 Å². The predicted octanol–water partition coefficient (Wildman–Crippen LogP) is 3.20. The van der Waals surface area contributed by atoms with Gasteiger partial charge in [-0.2, -0.15) is 5.10 Å². The second-order valence-corrected chi connectivity index (χ2v) is 6.48. The van der Waals surface area contributed by atoms with Crippen molar-refractivity contribution >= 4 is 37.6 Å². The van der Waals surface area contributed by atoms with E-state index in [4.69, 9.17) is 0 Å². The largest absolute Gasteiger partial charge is 0.365 e. The second-order valence-electron chi connectivity index (χ2n) is 5.48. The highest BCUT2D eigenvalue weighted by molar-refractivity contribution is 7.25. The molecule has 0 aliphatic rings. The van der Waals surface area contributed by atoms with Crippen LogP contribution in [0.5, 0.6) is 0 Å².